The molecule has 9 heteroatoms. The number of hydrogen-bond acceptors (Lipinski definition) is 5. The van der Waals surface area contributed by atoms with Gasteiger partial charge in [-0.1, -0.05) is 31.2 Å². The quantitative estimate of drug-likeness (QED) is 0.474. The Morgan fingerprint density at radius 2 is 1.90 bits per heavy atom. The fraction of sp³-hybridized carbons (Fsp3) is 0.714. The Balaban J connectivity index is 1.52. The molecule has 0 saturated carbocycles. The van der Waals surface area contributed by atoms with Gasteiger partial charge in [-0.3, -0.25) is 19.5 Å². The summed E-state index contributed by atoms with van der Waals surface area (Å²) in [5.41, 5.74) is 1.09. The van der Waals surface area contributed by atoms with Gasteiger partial charge in [-0.2, -0.15) is 0 Å². The van der Waals surface area contributed by atoms with E-state index < -0.39 is 6.04 Å². The number of morpholine rings is 1. The second kappa shape index (κ2) is 8.85. The van der Waals surface area contributed by atoms with Gasteiger partial charge in [0.15, 0.2) is 0 Å². The number of fused-ring (bicyclic) bond motifs is 3. The molecule has 0 N–H and O–H groups in total. The first-order valence-electron chi connectivity index (χ1n) is 11.1. The van der Waals surface area contributed by atoms with E-state index >= 15 is 0 Å². The van der Waals surface area contributed by atoms with Gasteiger partial charge < -0.3 is 4.74 Å². The van der Waals surface area contributed by atoms with Crippen molar-refractivity contribution in [2.24, 2.45) is 4.99 Å². The van der Waals surface area contributed by atoms with Crippen LogP contribution in [0.25, 0.3) is 0 Å². The Hall–Kier alpha value is -2.26. The van der Waals surface area contributed by atoms with E-state index in [1.165, 1.54) is 29.1 Å². The lowest BCUT2D eigenvalue weighted by Crippen LogP contribution is -2.63. The van der Waals surface area contributed by atoms with Crippen molar-refractivity contribution < 1.29 is 18.9 Å². The van der Waals surface area contributed by atoms with Gasteiger partial charge in [0.05, 0.1) is 19.8 Å². The zero-order valence-corrected chi connectivity index (χ0v) is 18.3. The van der Waals surface area contributed by atoms with Gasteiger partial charge in [-0.15, -0.1) is 0 Å². The average molecular weight is 418 g/mol. The van der Waals surface area contributed by atoms with Gasteiger partial charge in [0.2, 0.25) is 11.9 Å². The number of hydrogen-bond donors (Lipinski definition) is 0. The van der Waals surface area contributed by atoms with Gasteiger partial charge in [-0.25, -0.2) is 13.9 Å². The highest BCUT2D eigenvalue weighted by atomic mass is 16.5. The van der Waals surface area contributed by atoms with Crippen molar-refractivity contribution in [2.45, 2.75) is 52.1 Å². The molecule has 4 heterocycles. The lowest BCUT2D eigenvalue weighted by molar-refractivity contribution is -0.677. The maximum atomic E-state index is 13.3. The van der Waals surface area contributed by atoms with Crippen LogP contribution in [0.4, 0.5) is 10.7 Å². The minimum Gasteiger partial charge on any atom is -0.379 e. The molecule has 164 valence electrons. The fourth-order valence-electron chi connectivity index (χ4n) is 4.48. The van der Waals surface area contributed by atoms with Crippen LogP contribution in [0.1, 0.15) is 44.3 Å². The van der Waals surface area contributed by atoms with Crippen LogP contribution >= 0.6 is 0 Å². The number of urea groups is 1. The second-order valence-corrected chi connectivity index (χ2v) is 8.35. The monoisotopic (exact) mass is 417 g/mol. The number of aliphatic imine (C=N–C) groups is 1. The molecule has 3 aliphatic heterocycles. The van der Waals surface area contributed by atoms with E-state index in [2.05, 4.69) is 23.3 Å². The summed E-state index contributed by atoms with van der Waals surface area (Å²) in [6, 6.07) is -0.844. The van der Waals surface area contributed by atoms with Crippen LogP contribution in [-0.2, 0) is 16.1 Å². The molecule has 0 aliphatic carbocycles. The number of aromatic nitrogens is 2. The number of aryl methyl sites for hydroxylation is 1. The van der Waals surface area contributed by atoms with Gasteiger partial charge in [0.25, 0.3) is 5.91 Å². The number of imide groups is 1. The summed E-state index contributed by atoms with van der Waals surface area (Å²) in [6.07, 6.45) is 6.68. The lowest BCUT2D eigenvalue weighted by atomic mass is 10.1. The normalized spacial score (nSPS) is 21.8. The van der Waals surface area contributed by atoms with Crippen molar-refractivity contribution >= 4 is 23.7 Å². The Kier molecular flexibility index (Phi) is 6.19. The van der Waals surface area contributed by atoms with E-state index in [0.717, 1.165) is 37.7 Å². The standard InChI is InChI=1S/C21H33N6O3/c1-4-5-6-7-8-25-16(2)15-27-17-18(22-20(25)27)23(3)21(29)26(19(17)28)10-9-24-11-13-30-14-12-24/h15,17H,4-14H2,1-3H3/q+1. The van der Waals surface area contributed by atoms with Crippen molar-refractivity contribution in [3.05, 3.63) is 11.9 Å². The maximum absolute atomic E-state index is 13.3. The second-order valence-electron chi connectivity index (χ2n) is 8.35. The number of nitrogens with zero attached hydrogens (tertiary/aromatic N) is 6. The van der Waals surface area contributed by atoms with Crippen LogP contribution in [0.15, 0.2) is 11.2 Å². The van der Waals surface area contributed by atoms with Gasteiger partial charge in [0, 0.05) is 33.2 Å². The van der Waals surface area contributed by atoms with E-state index in [-0.39, 0.29) is 11.9 Å². The number of amides is 3. The molecule has 3 amide bonds. The zero-order valence-electron chi connectivity index (χ0n) is 18.3. The highest BCUT2D eigenvalue weighted by molar-refractivity contribution is 6.19. The molecule has 30 heavy (non-hydrogen) atoms. The molecule has 1 aromatic heterocycles. The van der Waals surface area contributed by atoms with Gasteiger partial charge in [-0.05, 0) is 13.3 Å². The zero-order chi connectivity index (χ0) is 21.3. The van der Waals surface area contributed by atoms with Crippen molar-refractivity contribution in [1.82, 2.24) is 19.3 Å². The average Bonchev–Trinajstić information content (AvgIpc) is 3.25. The number of imidazole rings is 1. The summed E-state index contributed by atoms with van der Waals surface area (Å²) in [7, 11) is 1.72. The molecule has 2 saturated heterocycles. The predicted molar refractivity (Wildman–Crippen MR) is 112 cm³/mol. The molecule has 0 aromatic carbocycles. The highest BCUT2D eigenvalue weighted by Crippen LogP contribution is 2.29. The summed E-state index contributed by atoms with van der Waals surface area (Å²) in [4.78, 5) is 36.1. The van der Waals surface area contributed by atoms with E-state index in [4.69, 9.17) is 9.73 Å². The third-order valence-corrected chi connectivity index (χ3v) is 6.30. The number of unbranched alkanes of at least 4 members (excludes halogenated alkanes) is 3. The third kappa shape index (κ3) is 3.76. The minimum absolute atomic E-state index is 0.183. The maximum Gasteiger partial charge on any atom is 0.401 e. The molecular formula is C21H33N6O3+. The van der Waals surface area contributed by atoms with Crippen LogP contribution in [0.5, 0.6) is 0 Å². The molecule has 3 aliphatic rings. The van der Waals surface area contributed by atoms with Crippen LogP contribution in [0.3, 0.4) is 0 Å². The Labute approximate surface area is 177 Å². The van der Waals surface area contributed by atoms with Crippen LogP contribution < -0.4 is 4.57 Å². The Bertz CT molecular complexity index is 842. The summed E-state index contributed by atoms with van der Waals surface area (Å²) in [5.74, 6) is 1.12. The van der Waals surface area contributed by atoms with E-state index in [9.17, 15) is 9.59 Å². The number of rotatable bonds is 8. The summed E-state index contributed by atoms with van der Waals surface area (Å²) in [5, 5.41) is 0. The number of amidine groups is 1. The first kappa shape index (κ1) is 21.0. The van der Waals surface area contributed by atoms with Gasteiger partial charge in [0.1, 0.15) is 11.9 Å². The molecule has 1 unspecified atom stereocenters. The molecule has 1 aromatic rings. The lowest BCUT2D eigenvalue weighted by Gasteiger charge is -2.35. The molecule has 2 fully saturated rings. The highest BCUT2D eigenvalue weighted by Gasteiger charge is 2.53. The topological polar surface area (TPSA) is 74.3 Å². The number of carbonyl (C=O) groups excluding carboxylic acids is 2. The fourth-order valence-corrected chi connectivity index (χ4v) is 4.48. The molecule has 0 radical (unpaired) electrons. The first-order chi connectivity index (χ1) is 14.5. The van der Waals surface area contributed by atoms with Crippen LogP contribution in [0.2, 0.25) is 0 Å². The first-order valence-corrected chi connectivity index (χ1v) is 11.1. The minimum atomic E-state index is -0.553. The molecule has 4 rings (SSSR count). The largest absolute Gasteiger partial charge is 0.401 e. The molecular weight excluding hydrogens is 384 g/mol. The van der Waals surface area contributed by atoms with Crippen LogP contribution in [-0.4, -0.2) is 83.5 Å². The molecule has 9 nitrogen and oxygen atoms in total. The van der Waals surface area contributed by atoms with E-state index in [0.29, 0.717) is 32.1 Å². The number of ether oxygens (including phenoxy) is 1. The van der Waals surface area contributed by atoms with Gasteiger partial charge >= 0.3 is 12.0 Å². The van der Waals surface area contributed by atoms with E-state index in [1.807, 2.05) is 10.8 Å². The molecule has 1 atom stereocenters. The summed E-state index contributed by atoms with van der Waals surface area (Å²) in [6.45, 7) is 9.26. The summed E-state index contributed by atoms with van der Waals surface area (Å²) < 4.78 is 9.50. The Morgan fingerprint density at radius 1 is 1.13 bits per heavy atom. The van der Waals surface area contributed by atoms with Crippen molar-refractivity contribution in [1.29, 1.82) is 0 Å². The number of likely N-dealkylation sites (N-methyl/N-ethyl adjacent to an activating group) is 1. The van der Waals surface area contributed by atoms with Crippen molar-refractivity contribution in [2.75, 3.05) is 46.4 Å². The smallest absolute Gasteiger partial charge is 0.379 e. The third-order valence-electron chi connectivity index (χ3n) is 6.30. The van der Waals surface area contributed by atoms with E-state index in [1.54, 1.807) is 7.05 Å². The SMILES string of the molecule is CCCCCCn1c(C)c[n+]2c1N=C1C2C(=O)N(CCN2CCOCC2)C(=O)N1C. The van der Waals surface area contributed by atoms with Crippen LogP contribution in [0, 0.1) is 6.92 Å². The Morgan fingerprint density at radius 3 is 2.63 bits per heavy atom. The molecule has 0 bridgehead atoms. The summed E-state index contributed by atoms with van der Waals surface area (Å²) >= 11 is 0. The molecule has 0 spiro atoms. The predicted octanol–water partition coefficient (Wildman–Crippen LogP) is 1.48. The van der Waals surface area contributed by atoms with Crippen molar-refractivity contribution in [3.8, 4) is 0 Å². The van der Waals surface area contributed by atoms with Crippen molar-refractivity contribution in [3.63, 3.8) is 0 Å². The number of carbonyl (C=O) groups is 2.